The van der Waals surface area contributed by atoms with Crippen LogP contribution in [0, 0.1) is 5.92 Å². The Morgan fingerprint density at radius 2 is 2.05 bits per heavy atom. The van der Waals surface area contributed by atoms with Gasteiger partial charge in [-0.3, -0.25) is 4.79 Å². The molecule has 1 unspecified atom stereocenters. The monoisotopic (exact) mass is 303 g/mol. The Bertz CT molecular complexity index is 590. The number of carbonyl (C=O) groups excluding carboxylic acids is 1. The van der Waals surface area contributed by atoms with Crippen molar-refractivity contribution in [1.82, 2.24) is 9.47 Å². The maximum Gasteiger partial charge on any atom is 0.322 e. The number of nitrogens with zero attached hydrogens (tertiary/aromatic N) is 2. The summed E-state index contributed by atoms with van der Waals surface area (Å²) in [5, 5.41) is 2.88. The molecule has 5 nitrogen and oxygen atoms in total. The summed E-state index contributed by atoms with van der Waals surface area (Å²) in [6.07, 6.45) is 10.3. The van der Waals surface area contributed by atoms with Crippen LogP contribution in [0.15, 0.2) is 23.1 Å². The van der Waals surface area contributed by atoms with Gasteiger partial charge >= 0.3 is 6.03 Å². The number of hydrogen-bond acceptors (Lipinski definition) is 2. The number of hydrogen-bond donors (Lipinski definition) is 1. The summed E-state index contributed by atoms with van der Waals surface area (Å²) in [6, 6.07) is 3.55. The van der Waals surface area contributed by atoms with Gasteiger partial charge in [-0.05, 0) is 31.2 Å². The quantitative estimate of drug-likeness (QED) is 0.933. The highest BCUT2D eigenvalue weighted by atomic mass is 16.2. The van der Waals surface area contributed by atoms with Crippen molar-refractivity contribution in [1.29, 1.82) is 0 Å². The molecule has 0 bridgehead atoms. The van der Waals surface area contributed by atoms with Crippen LogP contribution in [0.25, 0.3) is 0 Å². The second-order valence-electron chi connectivity index (χ2n) is 6.67. The van der Waals surface area contributed by atoms with Gasteiger partial charge in [-0.15, -0.1) is 0 Å². The zero-order valence-corrected chi connectivity index (χ0v) is 13.3. The molecule has 2 aliphatic rings. The normalized spacial score (nSPS) is 22.2. The van der Waals surface area contributed by atoms with Crippen LogP contribution >= 0.6 is 0 Å². The Balaban J connectivity index is 1.62. The van der Waals surface area contributed by atoms with Crippen molar-refractivity contribution < 1.29 is 4.79 Å². The van der Waals surface area contributed by atoms with Gasteiger partial charge in [0.05, 0.1) is 0 Å². The highest BCUT2D eigenvalue weighted by Crippen LogP contribution is 2.33. The fourth-order valence-electron chi connectivity index (χ4n) is 3.80. The van der Waals surface area contributed by atoms with Crippen molar-refractivity contribution in [3.8, 4) is 0 Å². The zero-order chi connectivity index (χ0) is 15.5. The average Bonchev–Trinajstić information content (AvgIpc) is 3.15. The van der Waals surface area contributed by atoms with Crippen LogP contribution in [-0.2, 0) is 7.05 Å². The first kappa shape index (κ1) is 15.1. The molecular formula is C17H25N3O2. The Labute approximate surface area is 131 Å². The third kappa shape index (κ3) is 3.34. The second kappa shape index (κ2) is 6.55. The van der Waals surface area contributed by atoms with Gasteiger partial charge in [-0.1, -0.05) is 25.7 Å². The summed E-state index contributed by atoms with van der Waals surface area (Å²) in [5.74, 6) is 0.794. The summed E-state index contributed by atoms with van der Waals surface area (Å²) in [7, 11) is 1.70. The van der Waals surface area contributed by atoms with E-state index in [9.17, 15) is 9.59 Å². The van der Waals surface area contributed by atoms with Gasteiger partial charge in [0.25, 0.3) is 5.56 Å². The van der Waals surface area contributed by atoms with Gasteiger partial charge in [-0.2, -0.15) is 0 Å². The maximum absolute atomic E-state index is 12.5. The van der Waals surface area contributed by atoms with Gasteiger partial charge < -0.3 is 14.8 Å². The summed E-state index contributed by atoms with van der Waals surface area (Å²) in [5.41, 5.74) is 0.473. The fourth-order valence-corrected chi connectivity index (χ4v) is 3.80. The summed E-state index contributed by atoms with van der Waals surface area (Å²) >= 11 is 0. The predicted molar refractivity (Wildman–Crippen MR) is 87.0 cm³/mol. The van der Waals surface area contributed by atoms with Gasteiger partial charge in [0.1, 0.15) is 0 Å². The standard InChI is InChI=1S/C17H25N3O2/c1-19-10-8-14(12-16(19)21)18-17(22)20-9-4-7-15(20)11-13-5-2-3-6-13/h8,10,12-13,15H,2-7,9,11H2,1H3,(H,18,22). The molecular weight excluding hydrogens is 278 g/mol. The average molecular weight is 303 g/mol. The number of pyridine rings is 1. The van der Waals surface area contributed by atoms with Crippen LogP contribution in [0.3, 0.4) is 0 Å². The number of nitrogens with one attached hydrogen (secondary N) is 1. The highest BCUT2D eigenvalue weighted by molar-refractivity contribution is 5.89. The van der Waals surface area contributed by atoms with Crippen molar-refractivity contribution in [3.05, 3.63) is 28.7 Å². The Morgan fingerprint density at radius 3 is 2.77 bits per heavy atom. The van der Waals surface area contributed by atoms with E-state index in [2.05, 4.69) is 5.32 Å². The molecule has 3 rings (SSSR count). The maximum atomic E-state index is 12.5. The molecule has 2 fully saturated rings. The minimum atomic E-state index is -0.110. The largest absolute Gasteiger partial charge is 0.322 e. The van der Waals surface area contributed by atoms with E-state index >= 15 is 0 Å². The summed E-state index contributed by atoms with van der Waals surface area (Å²) in [4.78, 5) is 26.1. The first-order valence-electron chi connectivity index (χ1n) is 8.38. The van der Waals surface area contributed by atoms with Crippen molar-refractivity contribution in [2.45, 2.75) is 51.0 Å². The molecule has 1 atom stereocenters. The minimum absolute atomic E-state index is 0.0613. The molecule has 120 valence electrons. The summed E-state index contributed by atoms with van der Waals surface area (Å²) < 4.78 is 1.49. The van der Waals surface area contributed by atoms with E-state index in [1.807, 2.05) is 4.90 Å². The predicted octanol–water partition coefficient (Wildman–Crippen LogP) is 2.96. The van der Waals surface area contributed by atoms with Crippen LogP contribution in [0.4, 0.5) is 10.5 Å². The molecule has 1 aliphatic heterocycles. The van der Waals surface area contributed by atoms with Gasteiger partial charge in [-0.25, -0.2) is 4.79 Å². The number of anilines is 1. The smallest absolute Gasteiger partial charge is 0.322 e. The molecule has 1 saturated carbocycles. The Hall–Kier alpha value is -1.78. The third-order valence-corrected chi connectivity index (χ3v) is 5.07. The fraction of sp³-hybridized carbons (Fsp3) is 0.647. The number of aromatic nitrogens is 1. The van der Waals surface area contributed by atoms with Crippen molar-refractivity contribution in [2.24, 2.45) is 13.0 Å². The second-order valence-corrected chi connectivity index (χ2v) is 6.67. The van der Waals surface area contributed by atoms with E-state index in [0.29, 0.717) is 11.7 Å². The van der Waals surface area contributed by atoms with Crippen molar-refractivity contribution in [2.75, 3.05) is 11.9 Å². The molecule has 0 aromatic carbocycles. The van der Waals surface area contributed by atoms with E-state index in [1.54, 1.807) is 19.3 Å². The lowest BCUT2D eigenvalue weighted by molar-refractivity contribution is 0.197. The number of amides is 2. The van der Waals surface area contributed by atoms with Crippen LogP contribution in [0.1, 0.15) is 44.9 Å². The van der Waals surface area contributed by atoms with Crippen LogP contribution in [0.5, 0.6) is 0 Å². The lowest BCUT2D eigenvalue weighted by atomic mass is 9.97. The molecule has 1 aromatic heterocycles. The van der Waals surface area contributed by atoms with Crippen molar-refractivity contribution >= 4 is 11.7 Å². The van der Waals surface area contributed by atoms with Gasteiger partial charge in [0.15, 0.2) is 0 Å². The summed E-state index contributed by atoms with van der Waals surface area (Å²) in [6.45, 7) is 0.827. The number of carbonyl (C=O) groups is 1. The van der Waals surface area contributed by atoms with Gasteiger partial charge in [0, 0.05) is 37.6 Å². The molecule has 5 heteroatoms. The number of aryl methyl sites for hydroxylation is 1. The van der Waals surface area contributed by atoms with E-state index in [-0.39, 0.29) is 11.6 Å². The molecule has 1 saturated heterocycles. The lowest BCUT2D eigenvalue weighted by Gasteiger charge is -2.27. The molecule has 0 radical (unpaired) electrons. The lowest BCUT2D eigenvalue weighted by Crippen LogP contribution is -2.39. The number of likely N-dealkylation sites (tertiary alicyclic amines) is 1. The number of urea groups is 1. The topological polar surface area (TPSA) is 54.3 Å². The molecule has 22 heavy (non-hydrogen) atoms. The molecule has 0 spiro atoms. The van der Waals surface area contributed by atoms with E-state index in [0.717, 1.165) is 31.7 Å². The number of rotatable bonds is 3. The Morgan fingerprint density at radius 1 is 1.27 bits per heavy atom. The Kier molecular flexibility index (Phi) is 4.50. The third-order valence-electron chi connectivity index (χ3n) is 5.07. The zero-order valence-electron chi connectivity index (χ0n) is 13.3. The first-order chi connectivity index (χ1) is 10.6. The minimum Gasteiger partial charge on any atom is -0.322 e. The van der Waals surface area contributed by atoms with Crippen LogP contribution in [-0.4, -0.2) is 28.1 Å². The molecule has 1 aliphatic carbocycles. The molecule has 2 amide bonds. The molecule has 1 N–H and O–H groups in total. The van der Waals surface area contributed by atoms with E-state index in [1.165, 1.54) is 36.3 Å². The van der Waals surface area contributed by atoms with Crippen molar-refractivity contribution in [3.63, 3.8) is 0 Å². The van der Waals surface area contributed by atoms with Crippen LogP contribution < -0.4 is 10.9 Å². The SMILES string of the molecule is Cn1ccc(NC(=O)N2CCCC2CC2CCCC2)cc1=O. The van der Waals surface area contributed by atoms with E-state index in [4.69, 9.17) is 0 Å². The molecule has 1 aromatic rings. The molecule has 2 heterocycles. The van der Waals surface area contributed by atoms with Gasteiger partial charge in [0.2, 0.25) is 0 Å². The highest BCUT2D eigenvalue weighted by Gasteiger charge is 2.31. The van der Waals surface area contributed by atoms with E-state index < -0.39 is 0 Å². The van der Waals surface area contributed by atoms with Crippen LogP contribution in [0.2, 0.25) is 0 Å². The first-order valence-corrected chi connectivity index (χ1v) is 8.38.